The van der Waals surface area contributed by atoms with Gasteiger partial charge in [-0.25, -0.2) is 8.78 Å². The highest BCUT2D eigenvalue weighted by molar-refractivity contribution is 5.85. The SMILES string of the molecule is Cc1ccc([C@@H](N)CC(F)F)c(C)c1.Cl. The Morgan fingerprint density at radius 2 is 1.87 bits per heavy atom. The van der Waals surface area contributed by atoms with Gasteiger partial charge in [0.1, 0.15) is 0 Å². The first-order valence-electron chi connectivity index (χ1n) is 4.61. The highest BCUT2D eigenvalue weighted by Crippen LogP contribution is 2.22. The number of benzene rings is 1. The molecule has 1 aromatic carbocycles. The highest BCUT2D eigenvalue weighted by atomic mass is 35.5. The number of alkyl halides is 2. The van der Waals surface area contributed by atoms with Gasteiger partial charge in [-0.05, 0) is 25.0 Å². The first-order chi connectivity index (χ1) is 6.50. The predicted molar refractivity (Wildman–Crippen MR) is 60.7 cm³/mol. The average Bonchev–Trinajstić information content (AvgIpc) is 2.01. The normalized spacial score (nSPS) is 12.4. The second kappa shape index (κ2) is 6.03. The molecule has 4 heteroatoms. The zero-order valence-corrected chi connectivity index (χ0v) is 9.65. The summed E-state index contributed by atoms with van der Waals surface area (Å²) < 4.78 is 24.2. The summed E-state index contributed by atoms with van der Waals surface area (Å²) in [4.78, 5) is 0. The van der Waals surface area contributed by atoms with Crippen LogP contribution in [0.15, 0.2) is 18.2 Å². The molecule has 0 unspecified atom stereocenters. The third-order valence-corrected chi connectivity index (χ3v) is 2.26. The molecule has 0 aliphatic heterocycles. The minimum absolute atomic E-state index is 0. The Balaban J connectivity index is 0.00000196. The molecular weight excluding hydrogens is 220 g/mol. The maximum atomic E-state index is 12.1. The van der Waals surface area contributed by atoms with Crippen LogP contribution < -0.4 is 5.73 Å². The quantitative estimate of drug-likeness (QED) is 0.854. The molecule has 1 atom stereocenters. The van der Waals surface area contributed by atoms with E-state index in [0.717, 1.165) is 16.7 Å². The Bertz CT molecular complexity index is 315. The third kappa shape index (κ3) is 4.14. The van der Waals surface area contributed by atoms with Gasteiger partial charge in [0.25, 0.3) is 0 Å². The smallest absolute Gasteiger partial charge is 0.240 e. The maximum absolute atomic E-state index is 12.1. The van der Waals surface area contributed by atoms with Crippen molar-refractivity contribution in [1.82, 2.24) is 0 Å². The van der Waals surface area contributed by atoms with Crippen LogP contribution in [0, 0.1) is 13.8 Å². The summed E-state index contributed by atoms with van der Waals surface area (Å²) in [6, 6.07) is 5.13. The summed E-state index contributed by atoms with van der Waals surface area (Å²) in [6.45, 7) is 3.86. The number of nitrogens with two attached hydrogens (primary N) is 1. The summed E-state index contributed by atoms with van der Waals surface area (Å²) in [6.07, 6.45) is -2.62. The molecule has 1 nitrogen and oxygen atoms in total. The molecule has 0 heterocycles. The molecule has 0 aliphatic carbocycles. The lowest BCUT2D eigenvalue weighted by Gasteiger charge is -2.14. The average molecular weight is 236 g/mol. The Labute approximate surface area is 95.1 Å². The molecule has 0 saturated heterocycles. The topological polar surface area (TPSA) is 26.0 Å². The van der Waals surface area contributed by atoms with Crippen LogP contribution in [-0.2, 0) is 0 Å². The van der Waals surface area contributed by atoms with E-state index in [0.29, 0.717) is 0 Å². The summed E-state index contributed by atoms with van der Waals surface area (Å²) in [5, 5.41) is 0. The van der Waals surface area contributed by atoms with E-state index >= 15 is 0 Å². The largest absolute Gasteiger partial charge is 0.324 e. The molecule has 1 aromatic rings. The van der Waals surface area contributed by atoms with Gasteiger partial charge >= 0.3 is 0 Å². The predicted octanol–water partition coefficient (Wildman–Crippen LogP) is 3.38. The van der Waals surface area contributed by atoms with Gasteiger partial charge in [-0.3, -0.25) is 0 Å². The van der Waals surface area contributed by atoms with Crippen molar-refractivity contribution in [3.05, 3.63) is 34.9 Å². The number of hydrogen-bond donors (Lipinski definition) is 1. The first-order valence-corrected chi connectivity index (χ1v) is 4.61. The highest BCUT2D eigenvalue weighted by Gasteiger charge is 2.14. The lowest BCUT2D eigenvalue weighted by Crippen LogP contribution is -2.15. The Hall–Kier alpha value is -0.670. The molecule has 15 heavy (non-hydrogen) atoms. The number of halogens is 3. The van der Waals surface area contributed by atoms with Gasteiger partial charge in [-0.15, -0.1) is 12.4 Å². The Kier molecular flexibility index (Phi) is 5.76. The van der Waals surface area contributed by atoms with Crippen LogP contribution in [0.1, 0.15) is 29.2 Å². The fraction of sp³-hybridized carbons (Fsp3) is 0.455. The Morgan fingerprint density at radius 1 is 1.27 bits per heavy atom. The fourth-order valence-corrected chi connectivity index (χ4v) is 1.56. The lowest BCUT2D eigenvalue weighted by molar-refractivity contribution is 0.128. The fourth-order valence-electron chi connectivity index (χ4n) is 1.56. The maximum Gasteiger partial charge on any atom is 0.240 e. The molecule has 0 saturated carbocycles. The van der Waals surface area contributed by atoms with Crippen LogP contribution in [0.4, 0.5) is 8.78 Å². The molecule has 0 aliphatic rings. The van der Waals surface area contributed by atoms with E-state index in [1.165, 1.54) is 0 Å². The molecule has 2 N–H and O–H groups in total. The standard InChI is InChI=1S/C11H15F2N.ClH/c1-7-3-4-9(8(2)5-7)10(14)6-11(12)13;/h3-5,10-11H,6,14H2,1-2H3;1H/t10-;/m0./s1. The van der Waals surface area contributed by atoms with Gasteiger partial charge in [0.05, 0.1) is 0 Å². The van der Waals surface area contributed by atoms with Crippen molar-refractivity contribution < 1.29 is 8.78 Å². The molecule has 0 aromatic heterocycles. The van der Waals surface area contributed by atoms with Crippen LogP contribution in [0.25, 0.3) is 0 Å². The van der Waals surface area contributed by atoms with E-state index in [-0.39, 0.29) is 18.8 Å². The number of hydrogen-bond acceptors (Lipinski definition) is 1. The monoisotopic (exact) mass is 235 g/mol. The van der Waals surface area contributed by atoms with E-state index in [1.54, 1.807) is 0 Å². The lowest BCUT2D eigenvalue weighted by atomic mass is 9.98. The molecule has 0 bridgehead atoms. The van der Waals surface area contributed by atoms with Crippen molar-refractivity contribution in [2.45, 2.75) is 32.7 Å². The summed E-state index contributed by atoms with van der Waals surface area (Å²) in [5.41, 5.74) is 8.59. The summed E-state index contributed by atoms with van der Waals surface area (Å²) in [7, 11) is 0. The van der Waals surface area contributed by atoms with Crippen LogP contribution >= 0.6 is 12.4 Å². The number of rotatable bonds is 3. The van der Waals surface area contributed by atoms with Crippen molar-refractivity contribution in [2.75, 3.05) is 0 Å². The third-order valence-electron chi connectivity index (χ3n) is 2.26. The minimum atomic E-state index is -2.34. The van der Waals surface area contributed by atoms with Gasteiger partial charge in [0, 0.05) is 12.5 Å². The second-order valence-electron chi connectivity index (χ2n) is 3.59. The molecular formula is C11H16ClF2N. The summed E-state index contributed by atoms with van der Waals surface area (Å²) >= 11 is 0. The van der Waals surface area contributed by atoms with Crippen LogP contribution in [0.5, 0.6) is 0 Å². The van der Waals surface area contributed by atoms with Crippen LogP contribution in [0.2, 0.25) is 0 Å². The van der Waals surface area contributed by atoms with Gasteiger partial charge in [0.15, 0.2) is 0 Å². The van der Waals surface area contributed by atoms with Crippen molar-refractivity contribution in [1.29, 1.82) is 0 Å². The van der Waals surface area contributed by atoms with Crippen molar-refractivity contribution in [3.8, 4) is 0 Å². The summed E-state index contributed by atoms with van der Waals surface area (Å²) in [5.74, 6) is 0. The van der Waals surface area contributed by atoms with Gasteiger partial charge in [0.2, 0.25) is 6.43 Å². The van der Waals surface area contributed by atoms with Crippen molar-refractivity contribution >= 4 is 12.4 Å². The number of aryl methyl sites for hydroxylation is 2. The van der Waals surface area contributed by atoms with Crippen LogP contribution in [-0.4, -0.2) is 6.43 Å². The second-order valence-corrected chi connectivity index (χ2v) is 3.59. The van der Waals surface area contributed by atoms with Gasteiger partial charge < -0.3 is 5.73 Å². The zero-order valence-electron chi connectivity index (χ0n) is 8.84. The van der Waals surface area contributed by atoms with E-state index in [1.807, 2.05) is 32.0 Å². The molecule has 86 valence electrons. The van der Waals surface area contributed by atoms with E-state index in [2.05, 4.69) is 0 Å². The minimum Gasteiger partial charge on any atom is -0.324 e. The molecule has 0 amide bonds. The van der Waals surface area contributed by atoms with Crippen molar-refractivity contribution in [3.63, 3.8) is 0 Å². The van der Waals surface area contributed by atoms with Crippen molar-refractivity contribution in [2.24, 2.45) is 5.73 Å². The van der Waals surface area contributed by atoms with Gasteiger partial charge in [-0.1, -0.05) is 23.8 Å². The zero-order chi connectivity index (χ0) is 10.7. The van der Waals surface area contributed by atoms with Gasteiger partial charge in [-0.2, -0.15) is 0 Å². The molecule has 1 rings (SSSR count). The molecule has 0 radical (unpaired) electrons. The molecule has 0 spiro atoms. The Morgan fingerprint density at radius 3 is 2.33 bits per heavy atom. The first kappa shape index (κ1) is 14.3. The van der Waals surface area contributed by atoms with E-state index in [4.69, 9.17) is 5.73 Å². The molecule has 0 fully saturated rings. The van der Waals surface area contributed by atoms with E-state index < -0.39 is 12.5 Å². The van der Waals surface area contributed by atoms with E-state index in [9.17, 15) is 8.78 Å². The van der Waals surface area contributed by atoms with Crippen LogP contribution in [0.3, 0.4) is 0 Å².